The van der Waals surface area contributed by atoms with Gasteiger partial charge in [-0.3, -0.25) is 0 Å². The Labute approximate surface area is 164 Å². The quantitative estimate of drug-likeness (QED) is 0.689. The number of anilines is 1. The molecular formula is C20H25N7O. The summed E-state index contributed by atoms with van der Waals surface area (Å²) >= 11 is 0. The van der Waals surface area contributed by atoms with Crippen LogP contribution in [0.1, 0.15) is 30.5 Å². The van der Waals surface area contributed by atoms with Gasteiger partial charge in [-0.2, -0.15) is 0 Å². The van der Waals surface area contributed by atoms with Crippen molar-refractivity contribution in [3.8, 4) is 5.88 Å². The number of aromatic nitrogens is 6. The van der Waals surface area contributed by atoms with E-state index in [4.69, 9.17) is 4.74 Å². The SMILES string of the molecule is Cc1ncnc(OCC23CCCC2CN(c2ncnc4c2ncn4C)C3)c1C. The number of ether oxygens (including phenoxy) is 1. The molecule has 2 atom stereocenters. The highest BCUT2D eigenvalue weighted by molar-refractivity contribution is 5.83. The molecule has 0 amide bonds. The summed E-state index contributed by atoms with van der Waals surface area (Å²) in [7, 11) is 1.96. The molecule has 0 spiro atoms. The van der Waals surface area contributed by atoms with E-state index in [1.807, 2.05) is 25.5 Å². The van der Waals surface area contributed by atoms with Crippen molar-refractivity contribution in [1.82, 2.24) is 29.5 Å². The van der Waals surface area contributed by atoms with Crippen molar-refractivity contribution in [3.63, 3.8) is 0 Å². The average molecular weight is 379 g/mol. The van der Waals surface area contributed by atoms with E-state index >= 15 is 0 Å². The maximum Gasteiger partial charge on any atom is 0.219 e. The fourth-order valence-corrected chi connectivity index (χ4v) is 4.85. The van der Waals surface area contributed by atoms with E-state index in [0.717, 1.165) is 41.3 Å². The van der Waals surface area contributed by atoms with E-state index in [1.54, 1.807) is 19.0 Å². The molecule has 5 rings (SSSR count). The van der Waals surface area contributed by atoms with Gasteiger partial charge >= 0.3 is 0 Å². The topological polar surface area (TPSA) is 81.8 Å². The van der Waals surface area contributed by atoms with Gasteiger partial charge in [-0.1, -0.05) is 6.42 Å². The number of hydrogen-bond donors (Lipinski definition) is 0. The second kappa shape index (κ2) is 6.39. The minimum atomic E-state index is 0.136. The lowest BCUT2D eigenvalue weighted by atomic mass is 9.81. The fraction of sp³-hybridized carbons (Fsp3) is 0.550. The van der Waals surface area contributed by atoms with Gasteiger partial charge in [0.05, 0.1) is 12.9 Å². The van der Waals surface area contributed by atoms with Crippen molar-refractivity contribution in [2.75, 3.05) is 24.6 Å². The number of nitrogens with zero attached hydrogens (tertiary/aromatic N) is 7. The first kappa shape index (κ1) is 17.3. The van der Waals surface area contributed by atoms with Crippen molar-refractivity contribution in [3.05, 3.63) is 30.2 Å². The highest BCUT2D eigenvalue weighted by Gasteiger charge is 2.50. The molecule has 2 fully saturated rings. The Kier molecular flexibility index (Phi) is 3.96. The van der Waals surface area contributed by atoms with Crippen LogP contribution in [0.2, 0.25) is 0 Å². The summed E-state index contributed by atoms with van der Waals surface area (Å²) in [6.45, 7) is 6.62. The summed E-state index contributed by atoms with van der Waals surface area (Å²) in [5, 5.41) is 0. The number of rotatable bonds is 4. The summed E-state index contributed by atoms with van der Waals surface area (Å²) in [5.74, 6) is 2.25. The van der Waals surface area contributed by atoms with Crippen molar-refractivity contribution < 1.29 is 4.74 Å². The average Bonchev–Trinajstić information content (AvgIpc) is 3.35. The van der Waals surface area contributed by atoms with E-state index in [0.29, 0.717) is 18.4 Å². The fourth-order valence-electron chi connectivity index (χ4n) is 4.85. The van der Waals surface area contributed by atoms with Crippen LogP contribution in [0.15, 0.2) is 19.0 Å². The Balaban J connectivity index is 1.41. The molecule has 28 heavy (non-hydrogen) atoms. The van der Waals surface area contributed by atoms with Gasteiger partial charge in [0.15, 0.2) is 17.0 Å². The smallest absolute Gasteiger partial charge is 0.219 e. The Morgan fingerprint density at radius 2 is 2.00 bits per heavy atom. The molecule has 3 aromatic heterocycles. The predicted octanol–water partition coefficient (Wildman–Crippen LogP) is 2.46. The molecule has 4 heterocycles. The van der Waals surface area contributed by atoms with Crippen molar-refractivity contribution in [2.24, 2.45) is 18.4 Å². The number of aryl methyl sites for hydroxylation is 2. The molecule has 146 valence electrons. The summed E-state index contributed by atoms with van der Waals surface area (Å²) < 4.78 is 8.19. The molecule has 1 saturated carbocycles. The number of fused-ring (bicyclic) bond motifs is 2. The van der Waals surface area contributed by atoms with E-state index < -0.39 is 0 Å². The molecule has 1 aliphatic heterocycles. The molecule has 8 heteroatoms. The second-order valence-corrected chi connectivity index (χ2v) is 8.23. The van der Waals surface area contributed by atoms with Gasteiger partial charge in [0.2, 0.25) is 5.88 Å². The number of hydrogen-bond acceptors (Lipinski definition) is 7. The standard InChI is InChI=1S/C20H25N7O/c1-13-14(2)21-10-24-19(13)28-9-20-6-4-5-15(20)7-27(8-20)18-16-17(22-11-23-18)26(3)12-25-16/h10-12,15H,4-9H2,1-3H3. The summed E-state index contributed by atoms with van der Waals surface area (Å²) in [5.41, 5.74) is 3.88. The second-order valence-electron chi connectivity index (χ2n) is 8.23. The van der Waals surface area contributed by atoms with E-state index in [-0.39, 0.29) is 5.41 Å². The van der Waals surface area contributed by atoms with Crippen molar-refractivity contribution >= 4 is 17.0 Å². The zero-order valence-corrected chi connectivity index (χ0v) is 16.6. The van der Waals surface area contributed by atoms with Crippen LogP contribution >= 0.6 is 0 Å². The van der Waals surface area contributed by atoms with E-state index in [2.05, 4.69) is 29.8 Å². The zero-order chi connectivity index (χ0) is 19.3. The summed E-state index contributed by atoms with van der Waals surface area (Å²) in [4.78, 5) is 24.5. The first-order valence-electron chi connectivity index (χ1n) is 9.85. The highest BCUT2D eigenvalue weighted by atomic mass is 16.5. The van der Waals surface area contributed by atoms with Crippen LogP contribution in [0.25, 0.3) is 11.2 Å². The first-order valence-corrected chi connectivity index (χ1v) is 9.85. The predicted molar refractivity (Wildman–Crippen MR) is 105 cm³/mol. The maximum atomic E-state index is 6.25. The molecule has 0 radical (unpaired) electrons. The molecule has 0 aromatic carbocycles. The van der Waals surface area contributed by atoms with Gasteiger partial charge < -0.3 is 14.2 Å². The Morgan fingerprint density at radius 1 is 1.14 bits per heavy atom. The van der Waals surface area contributed by atoms with E-state index in [1.165, 1.54) is 19.3 Å². The lowest BCUT2D eigenvalue weighted by Gasteiger charge is -2.29. The molecule has 0 bridgehead atoms. The van der Waals surface area contributed by atoms with Crippen LogP contribution in [0, 0.1) is 25.2 Å². The molecule has 1 aliphatic carbocycles. The lowest BCUT2D eigenvalue weighted by molar-refractivity contribution is 0.133. The Morgan fingerprint density at radius 3 is 2.89 bits per heavy atom. The van der Waals surface area contributed by atoms with Gasteiger partial charge in [0, 0.05) is 36.8 Å². The molecule has 0 N–H and O–H groups in total. The zero-order valence-electron chi connectivity index (χ0n) is 16.6. The van der Waals surface area contributed by atoms with Crippen LogP contribution in [0.5, 0.6) is 5.88 Å². The number of imidazole rings is 1. The normalized spacial score (nSPS) is 24.1. The van der Waals surface area contributed by atoms with Crippen LogP contribution in [0.4, 0.5) is 5.82 Å². The minimum absolute atomic E-state index is 0.136. The molecule has 8 nitrogen and oxygen atoms in total. The monoisotopic (exact) mass is 379 g/mol. The van der Waals surface area contributed by atoms with Crippen molar-refractivity contribution in [1.29, 1.82) is 0 Å². The highest BCUT2D eigenvalue weighted by Crippen LogP contribution is 2.50. The summed E-state index contributed by atoms with van der Waals surface area (Å²) in [6, 6.07) is 0. The molecule has 2 aliphatic rings. The van der Waals surface area contributed by atoms with E-state index in [9.17, 15) is 0 Å². The molecule has 2 unspecified atom stereocenters. The minimum Gasteiger partial charge on any atom is -0.477 e. The third-order valence-electron chi connectivity index (χ3n) is 6.60. The molecular weight excluding hydrogens is 354 g/mol. The van der Waals surface area contributed by atoms with Crippen LogP contribution < -0.4 is 9.64 Å². The van der Waals surface area contributed by atoms with Crippen LogP contribution in [0.3, 0.4) is 0 Å². The van der Waals surface area contributed by atoms with Crippen molar-refractivity contribution in [2.45, 2.75) is 33.1 Å². The third-order valence-corrected chi connectivity index (χ3v) is 6.60. The van der Waals surface area contributed by atoms with Crippen LogP contribution in [-0.4, -0.2) is 49.2 Å². The van der Waals surface area contributed by atoms with Gasteiger partial charge in [-0.15, -0.1) is 0 Å². The van der Waals surface area contributed by atoms with Gasteiger partial charge in [0.1, 0.15) is 12.7 Å². The van der Waals surface area contributed by atoms with Gasteiger partial charge in [-0.25, -0.2) is 24.9 Å². The lowest BCUT2D eigenvalue weighted by Crippen LogP contribution is -2.34. The first-order chi connectivity index (χ1) is 13.6. The van der Waals surface area contributed by atoms with Gasteiger partial charge in [0.25, 0.3) is 0 Å². The molecule has 3 aromatic rings. The Hall–Kier alpha value is -2.77. The van der Waals surface area contributed by atoms with Gasteiger partial charge in [-0.05, 0) is 32.6 Å². The van der Waals surface area contributed by atoms with Crippen LogP contribution in [-0.2, 0) is 7.05 Å². The summed E-state index contributed by atoms with van der Waals surface area (Å²) in [6.07, 6.45) is 8.70. The maximum absolute atomic E-state index is 6.25. The third kappa shape index (κ3) is 2.62. The Bertz CT molecular complexity index is 1030. The largest absolute Gasteiger partial charge is 0.477 e. The molecule has 1 saturated heterocycles.